The lowest BCUT2D eigenvalue weighted by Crippen LogP contribution is -2.36. The van der Waals surface area contributed by atoms with Crippen LogP contribution in [0.5, 0.6) is 0 Å². The summed E-state index contributed by atoms with van der Waals surface area (Å²) in [6, 6.07) is 3.89. The van der Waals surface area contributed by atoms with Gasteiger partial charge in [0.25, 0.3) is 0 Å². The summed E-state index contributed by atoms with van der Waals surface area (Å²) in [5.41, 5.74) is 1.03. The predicted molar refractivity (Wildman–Crippen MR) is 61.7 cm³/mol. The van der Waals surface area contributed by atoms with Crippen LogP contribution in [0, 0.1) is 0 Å². The molecule has 0 radical (unpaired) electrons. The van der Waals surface area contributed by atoms with Crippen molar-refractivity contribution in [3.63, 3.8) is 0 Å². The van der Waals surface area contributed by atoms with Crippen molar-refractivity contribution in [1.29, 1.82) is 0 Å². The zero-order valence-corrected chi connectivity index (χ0v) is 9.48. The second-order valence-corrected chi connectivity index (χ2v) is 4.00. The maximum atomic E-state index is 11.0. The van der Waals surface area contributed by atoms with Crippen LogP contribution in [0.15, 0.2) is 18.3 Å². The van der Waals surface area contributed by atoms with Gasteiger partial charge < -0.3 is 9.64 Å². The zero-order valence-electron chi connectivity index (χ0n) is 9.48. The number of nitrogens with zero attached hydrogens (tertiary/aromatic N) is 2. The molecular formula is C12H16N2O2. The minimum atomic E-state index is 0.180. The van der Waals surface area contributed by atoms with Gasteiger partial charge >= 0.3 is 0 Å². The minimum Gasteiger partial charge on any atom is -0.378 e. The predicted octanol–water partition coefficient (Wildman–Crippen LogP) is 1.05. The molecule has 0 saturated carbocycles. The van der Waals surface area contributed by atoms with E-state index in [1.165, 1.54) is 0 Å². The van der Waals surface area contributed by atoms with E-state index in [2.05, 4.69) is 9.88 Å². The SMILES string of the molecule is CC(=O)Cc1ccnc(N2CCOCC2)c1. The highest BCUT2D eigenvalue weighted by atomic mass is 16.5. The Morgan fingerprint density at radius 2 is 2.25 bits per heavy atom. The number of carbonyl (C=O) groups excluding carboxylic acids is 1. The summed E-state index contributed by atoms with van der Waals surface area (Å²) in [7, 11) is 0. The van der Waals surface area contributed by atoms with Crippen molar-refractivity contribution in [2.45, 2.75) is 13.3 Å². The number of morpholine rings is 1. The molecule has 4 nitrogen and oxygen atoms in total. The molecule has 0 atom stereocenters. The molecule has 1 fully saturated rings. The molecular weight excluding hydrogens is 204 g/mol. The van der Waals surface area contributed by atoms with E-state index < -0.39 is 0 Å². The molecule has 1 aliphatic rings. The number of ether oxygens (including phenoxy) is 1. The third-order valence-electron chi connectivity index (χ3n) is 2.60. The molecule has 1 aromatic heterocycles. The van der Waals surface area contributed by atoms with E-state index >= 15 is 0 Å². The van der Waals surface area contributed by atoms with Gasteiger partial charge in [0, 0.05) is 25.7 Å². The first-order valence-corrected chi connectivity index (χ1v) is 5.53. The lowest BCUT2D eigenvalue weighted by Gasteiger charge is -2.27. The number of ketones is 1. The highest BCUT2D eigenvalue weighted by Crippen LogP contribution is 2.14. The molecule has 16 heavy (non-hydrogen) atoms. The van der Waals surface area contributed by atoms with Gasteiger partial charge in [-0.3, -0.25) is 4.79 Å². The second-order valence-electron chi connectivity index (χ2n) is 4.00. The number of aromatic nitrogens is 1. The molecule has 2 heterocycles. The average Bonchev–Trinajstić information content (AvgIpc) is 2.30. The smallest absolute Gasteiger partial charge is 0.134 e. The Labute approximate surface area is 95.2 Å². The Hall–Kier alpha value is -1.42. The lowest BCUT2D eigenvalue weighted by atomic mass is 10.1. The van der Waals surface area contributed by atoms with Crippen LogP contribution < -0.4 is 4.90 Å². The van der Waals surface area contributed by atoms with Crippen LogP contribution in [0.1, 0.15) is 12.5 Å². The standard InChI is InChI=1S/C12H16N2O2/c1-10(15)8-11-2-3-13-12(9-11)14-4-6-16-7-5-14/h2-3,9H,4-8H2,1H3. The minimum absolute atomic E-state index is 0.180. The third-order valence-corrected chi connectivity index (χ3v) is 2.60. The van der Waals surface area contributed by atoms with Gasteiger partial charge in [-0.05, 0) is 24.6 Å². The average molecular weight is 220 g/mol. The number of pyridine rings is 1. The Kier molecular flexibility index (Phi) is 3.51. The first kappa shape index (κ1) is 11.1. The summed E-state index contributed by atoms with van der Waals surface area (Å²) in [6.45, 7) is 4.85. The van der Waals surface area contributed by atoms with Crippen LogP contribution >= 0.6 is 0 Å². The monoisotopic (exact) mass is 220 g/mol. The van der Waals surface area contributed by atoms with Crippen molar-refractivity contribution < 1.29 is 9.53 Å². The van der Waals surface area contributed by atoms with Crippen LogP contribution in [-0.4, -0.2) is 37.1 Å². The van der Waals surface area contributed by atoms with Crippen LogP contribution in [0.2, 0.25) is 0 Å². The molecule has 0 bridgehead atoms. The van der Waals surface area contributed by atoms with E-state index in [-0.39, 0.29) is 5.78 Å². The molecule has 0 amide bonds. The van der Waals surface area contributed by atoms with Gasteiger partial charge in [0.1, 0.15) is 11.6 Å². The maximum Gasteiger partial charge on any atom is 0.134 e. The van der Waals surface area contributed by atoms with Gasteiger partial charge in [-0.15, -0.1) is 0 Å². The normalized spacial score (nSPS) is 16.2. The van der Waals surface area contributed by atoms with E-state index in [0.29, 0.717) is 6.42 Å². The zero-order chi connectivity index (χ0) is 11.4. The molecule has 4 heteroatoms. The van der Waals surface area contributed by atoms with Gasteiger partial charge in [-0.25, -0.2) is 4.98 Å². The van der Waals surface area contributed by atoms with E-state index in [4.69, 9.17) is 4.74 Å². The van der Waals surface area contributed by atoms with Gasteiger partial charge in [0.2, 0.25) is 0 Å². The fraction of sp³-hybridized carbons (Fsp3) is 0.500. The lowest BCUT2D eigenvalue weighted by molar-refractivity contribution is -0.116. The number of carbonyl (C=O) groups is 1. The molecule has 1 aromatic rings. The molecule has 86 valence electrons. The Bertz CT molecular complexity index is 373. The van der Waals surface area contributed by atoms with Crippen molar-refractivity contribution in [1.82, 2.24) is 4.98 Å². The van der Waals surface area contributed by atoms with Crippen molar-refractivity contribution in [3.8, 4) is 0 Å². The molecule has 0 aliphatic carbocycles. The Morgan fingerprint density at radius 3 is 2.94 bits per heavy atom. The van der Waals surface area contributed by atoms with Crippen molar-refractivity contribution in [2.24, 2.45) is 0 Å². The summed E-state index contributed by atoms with van der Waals surface area (Å²) in [4.78, 5) is 17.6. The number of hydrogen-bond donors (Lipinski definition) is 0. The van der Waals surface area contributed by atoms with Crippen LogP contribution in [0.25, 0.3) is 0 Å². The summed E-state index contributed by atoms with van der Waals surface area (Å²) in [6.07, 6.45) is 2.25. The summed E-state index contributed by atoms with van der Waals surface area (Å²) < 4.78 is 5.29. The van der Waals surface area contributed by atoms with E-state index in [0.717, 1.165) is 37.7 Å². The molecule has 0 unspecified atom stereocenters. The van der Waals surface area contributed by atoms with Crippen molar-refractivity contribution in [2.75, 3.05) is 31.2 Å². The number of hydrogen-bond acceptors (Lipinski definition) is 4. The summed E-state index contributed by atoms with van der Waals surface area (Å²) >= 11 is 0. The largest absolute Gasteiger partial charge is 0.378 e. The number of anilines is 1. The molecule has 0 aromatic carbocycles. The van der Waals surface area contributed by atoms with Crippen LogP contribution in [-0.2, 0) is 16.0 Å². The van der Waals surface area contributed by atoms with Crippen LogP contribution in [0.4, 0.5) is 5.82 Å². The van der Waals surface area contributed by atoms with Crippen molar-refractivity contribution in [3.05, 3.63) is 23.9 Å². The molecule has 1 aliphatic heterocycles. The fourth-order valence-electron chi connectivity index (χ4n) is 1.82. The fourth-order valence-corrected chi connectivity index (χ4v) is 1.82. The van der Waals surface area contributed by atoms with Gasteiger partial charge in [-0.2, -0.15) is 0 Å². The van der Waals surface area contributed by atoms with E-state index in [1.54, 1.807) is 13.1 Å². The van der Waals surface area contributed by atoms with E-state index in [9.17, 15) is 4.79 Å². The number of rotatable bonds is 3. The maximum absolute atomic E-state index is 11.0. The first-order chi connectivity index (χ1) is 7.75. The highest BCUT2D eigenvalue weighted by Gasteiger charge is 2.12. The van der Waals surface area contributed by atoms with Crippen molar-refractivity contribution >= 4 is 11.6 Å². The quantitative estimate of drug-likeness (QED) is 0.763. The van der Waals surface area contributed by atoms with Crippen LogP contribution in [0.3, 0.4) is 0 Å². The molecule has 0 N–H and O–H groups in total. The molecule has 1 saturated heterocycles. The second kappa shape index (κ2) is 5.07. The summed E-state index contributed by atoms with van der Waals surface area (Å²) in [5.74, 6) is 1.13. The van der Waals surface area contributed by atoms with Gasteiger partial charge in [0.15, 0.2) is 0 Å². The third kappa shape index (κ3) is 2.79. The Morgan fingerprint density at radius 1 is 1.50 bits per heavy atom. The van der Waals surface area contributed by atoms with Gasteiger partial charge in [-0.1, -0.05) is 0 Å². The first-order valence-electron chi connectivity index (χ1n) is 5.53. The molecule has 2 rings (SSSR count). The molecule has 0 spiro atoms. The Balaban J connectivity index is 2.11. The van der Waals surface area contributed by atoms with E-state index in [1.807, 2.05) is 12.1 Å². The summed E-state index contributed by atoms with van der Waals surface area (Å²) in [5, 5.41) is 0. The highest BCUT2D eigenvalue weighted by molar-refractivity contribution is 5.78. The topological polar surface area (TPSA) is 42.4 Å². The van der Waals surface area contributed by atoms with Gasteiger partial charge in [0.05, 0.1) is 13.2 Å². The number of Topliss-reactive ketones (excluding diaryl/α,β-unsaturated/α-hetero) is 1.